The van der Waals surface area contributed by atoms with Crippen molar-refractivity contribution in [2.45, 2.75) is 213 Å². The summed E-state index contributed by atoms with van der Waals surface area (Å²) in [4.78, 5) is 2.12. The Hall–Kier alpha value is -0.640. The molecule has 0 heterocycles. The van der Waals surface area contributed by atoms with Gasteiger partial charge in [0.25, 0.3) is 0 Å². The average Bonchev–Trinajstić information content (AvgIpc) is 2.99. The monoisotopic (exact) mass is 592 g/mol. The molecule has 0 spiro atoms. The predicted octanol–water partition coefficient (Wildman–Crippen LogP) is 12.1. The van der Waals surface area contributed by atoms with E-state index >= 15 is 0 Å². The molecule has 2 unspecified atom stereocenters. The summed E-state index contributed by atoms with van der Waals surface area (Å²) in [6, 6.07) is 0. The molecule has 0 aromatic carbocycles. The summed E-state index contributed by atoms with van der Waals surface area (Å²) in [5.41, 5.74) is 0. The van der Waals surface area contributed by atoms with E-state index in [1.165, 1.54) is 167 Å². The molecule has 0 aromatic rings. The zero-order chi connectivity index (χ0) is 30.8. The van der Waals surface area contributed by atoms with Crippen molar-refractivity contribution < 1.29 is 10.2 Å². The number of hydrogen-bond acceptors (Lipinski definition) is 3. The fourth-order valence-electron chi connectivity index (χ4n) is 5.81. The maximum atomic E-state index is 10.5. The summed E-state index contributed by atoms with van der Waals surface area (Å²) < 4.78 is 0. The highest BCUT2D eigenvalue weighted by Crippen LogP contribution is 2.14. The lowest BCUT2D eigenvalue weighted by molar-refractivity contribution is -0.0767. The van der Waals surface area contributed by atoms with Crippen molar-refractivity contribution in [3.63, 3.8) is 0 Å². The molecule has 3 heteroatoms. The summed E-state index contributed by atoms with van der Waals surface area (Å²) in [5, 5.41) is 20.5. The standard InChI is InChI=1S/C39H77NO2/c1-4-6-8-10-12-14-16-18-20-22-24-26-28-30-32-34-36-40(39(42)38(3)41)37-35-33-31-29-27-25-23-21-19-17-15-13-11-9-7-5-2/h18-21,38-39,41-42H,4-17,22-37H2,1-3H3/b20-18-,21-19-. The third-order valence-corrected chi connectivity index (χ3v) is 8.72. The third kappa shape index (κ3) is 30.8. The van der Waals surface area contributed by atoms with Crippen molar-refractivity contribution in [3.8, 4) is 0 Å². The Kier molecular flexibility index (Phi) is 34.3. The van der Waals surface area contributed by atoms with Crippen LogP contribution in [0.4, 0.5) is 0 Å². The molecule has 0 fully saturated rings. The third-order valence-electron chi connectivity index (χ3n) is 8.72. The van der Waals surface area contributed by atoms with Gasteiger partial charge in [-0.25, -0.2) is 0 Å². The van der Waals surface area contributed by atoms with Crippen LogP contribution in [0.2, 0.25) is 0 Å². The molecule has 0 aromatic heterocycles. The topological polar surface area (TPSA) is 43.7 Å². The molecule has 0 amide bonds. The van der Waals surface area contributed by atoms with E-state index in [9.17, 15) is 10.2 Å². The SMILES string of the molecule is CCCCCCCC/C=C\CCCCCCCCN(CCCCCCCC/C=C\CCCCCCCC)C(O)C(C)O. The Labute approximate surface area is 265 Å². The van der Waals surface area contributed by atoms with Gasteiger partial charge in [0.1, 0.15) is 6.23 Å². The molecule has 0 radical (unpaired) electrons. The first kappa shape index (κ1) is 41.4. The first-order valence-electron chi connectivity index (χ1n) is 19.0. The molecule has 0 aliphatic rings. The quantitative estimate of drug-likeness (QED) is 0.0444. The van der Waals surface area contributed by atoms with E-state index in [1.807, 2.05) is 0 Å². The van der Waals surface area contributed by atoms with Crippen molar-refractivity contribution in [3.05, 3.63) is 24.3 Å². The second-order valence-electron chi connectivity index (χ2n) is 13.1. The van der Waals surface area contributed by atoms with Crippen molar-refractivity contribution >= 4 is 0 Å². The van der Waals surface area contributed by atoms with Gasteiger partial charge >= 0.3 is 0 Å². The Morgan fingerprint density at radius 2 is 0.667 bits per heavy atom. The van der Waals surface area contributed by atoms with Crippen LogP contribution in [-0.4, -0.2) is 40.5 Å². The fraction of sp³-hybridized carbons (Fsp3) is 0.897. The summed E-state index contributed by atoms with van der Waals surface area (Å²) >= 11 is 0. The molecular weight excluding hydrogens is 514 g/mol. The van der Waals surface area contributed by atoms with Gasteiger partial charge in [0, 0.05) is 13.1 Å². The second-order valence-corrected chi connectivity index (χ2v) is 13.1. The predicted molar refractivity (Wildman–Crippen MR) is 188 cm³/mol. The van der Waals surface area contributed by atoms with Crippen LogP contribution in [-0.2, 0) is 0 Å². The first-order valence-corrected chi connectivity index (χ1v) is 19.0. The number of nitrogens with zero attached hydrogens (tertiary/aromatic N) is 1. The number of aliphatic hydroxyl groups is 2. The van der Waals surface area contributed by atoms with Crippen LogP contribution >= 0.6 is 0 Å². The van der Waals surface area contributed by atoms with E-state index in [2.05, 4.69) is 43.1 Å². The molecule has 0 bridgehead atoms. The van der Waals surface area contributed by atoms with Crippen LogP contribution in [0.3, 0.4) is 0 Å². The highest BCUT2D eigenvalue weighted by Gasteiger charge is 2.19. The molecule has 2 N–H and O–H groups in total. The zero-order valence-electron chi connectivity index (χ0n) is 29.0. The molecule has 3 nitrogen and oxygen atoms in total. The Morgan fingerprint density at radius 3 is 0.952 bits per heavy atom. The van der Waals surface area contributed by atoms with Crippen LogP contribution < -0.4 is 0 Å². The normalized spacial score (nSPS) is 13.7. The van der Waals surface area contributed by atoms with Gasteiger partial charge in [0.15, 0.2) is 0 Å². The van der Waals surface area contributed by atoms with Crippen LogP contribution in [0.15, 0.2) is 24.3 Å². The lowest BCUT2D eigenvalue weighted by Gasteiger charge is -2.29. The molecule has 250 valence electrons. The maximum absolute atomic E-state index is 10.5. The minimum absolute atomic E-state index is 0.687. The molecule has 0 saturated carbocycles. The zero-order valence-corrected chi connectivity index (χ0v) is 29.0. The van der Waals surface area contributed by atoms with Gasteiger partial charge < -0.3 is 10.2 Å². The number of allylic oxidation sites excluding steroid dienone is 4. The molecule has 0 saturated heterocycles. The second kappa shape index (κ2) is 34.8. The number of hydrogen-bond donors (Lipinski definition) is 2. The summed E-state index contributed by atoms with van der Waals surface area (Å²) in [6.07, 6.45) is 45.0. The van der Waals surface area contributed by atoms with E-state index < -0.39 is 12.3 Å². The molecule has 42 heavy (non-hydrogen) atoms. The fourth-order valence-corrected chi connectivity index (χ4v) is 5.81. The molecule has 0 rings (SSSR count). The van der Waals surface area contributed by atoms with E-state index in [1.54, 1.807) is 6.92 Å². The maximum Gasteiger partial charge on any atom is 0.133 e. The first-order chi connectivity index (χ1) is 20.6. The van der Waals surface area contributed by atoms with Crippen molar-refractivity contribution in [1.82, 2.24) is 4.90 Å². The largest absolute Gasteiger partial charge is 0.389 e. The van der Waals surface area contributed by atoms with Gasteiger partial charge in [-0.3, -0.25) is 4.90 Å². The minimum Gasteiger partial charge on any atom is -0.389 e. The highest BCUT2D eigenvalue weighted by atomic mass is 16.3. The van der Waals surface area contributed by atoms with E-state index in [0.717, 1.165) is 25.9 Å². The molecule has 0 aliphatic carbocycles. The van der Waals surface area contributed by atoms with Crippen LogP contribution in [0, 0.1) is 0 Å². The summed E-state index contributed by atoms with van der Waals surface area (Å²) in [5.74, 6) is 0. The van der Waals surface area contributed by atoms with Crippen LogP contribution in [0.5, 0.6) is 0 Å². The van der Waals surface area contributed by atoms with Crippen molar-refractivity contribution in [1.29, 1.82) is 0 Å². The van der Waals surface area contributed by atoms with Gasteiger partial charge in [0.2, 0.25) is 0 Å². The number of rotatable bonds is 34. The van der Waals surface area contributed by atoms with E-state index in [4.69, 9.17) is 0 Å². The average molecular weight is 592 g/mol. The number of unbranched alkanes of at least 4 members (excludes halogenated alkanes) is 24. The van der Waals surface area contributed by atoms with Gasteiger partial charge in [-0.05, 0) is 71.1 Å². The summed E-state index contributed by atoms with van der Waals surface area (Å²) in [6.45, 7) is 8.07. The van der Waals surface area contributed by atoms with Crippen molar-refractivity contribution in [2.75, 3.05) is 13.1 Å². The van der Waals surface area contributed by atoms with Gasteiger partial charge in [-0.2, -0.15) is 0 Å². The van der Waals surface area contributed by atoms with E-state index in [0.29, 0.717) is 0 Å². The number of aliphatic hydroxyl groups excluding tert-OH is 2. The molecule has 2 atom stereocenters. The smallest absolute Gasteiger partial charge is 0.133 e. The molecule has 0 aliphatic heterocycles. The van der Waals surface area contributed by atoms with Crippen molar-refractivity contribution in [2.24, 2.45) is 0 Å². The van der Waals surface area contributed by atoms with Crippen LogP contribution in [0.1, 0.15) is 201 Å². The van der Waals surface area contributed by atoms with Gasteiger partial charge in [-0.15, -0.1) is 0 Å². The van der Waals surface area contributed by atoms with Gasteiger partial charge in [0.05, 0.1) is 6.10 Å². The van der Waals surface area contributed by atoms with Gasteiger partial charge in [-0.1, -0.05) is 154 Å². The minimum atomic E-state index is -0.726. The summed E-state index contributed by atoms with van der Waals surface area (Å²) in [7, 11) is 0. The molecular formula is C39H77NO2. The van der Waals surface area contributed by atoms with E-state index in [-0.39, 0.29) is 0 Å². The lowest BCUT2D eigenvalue weighted by atomic mass is 10.1. The Bertz CT molecular complexity index is 517. The highest BCUT2D eigenvalue weighted by molar-refractivity contribution is 4.82. The Morgan fingerprint density at radius 1 is 0.405 bits per heavy atom. The Balaban J connectivity index is 3.68. The van der Waals surface area contributed by atoms with Crippen LogP contribution in [0.25, 0.3) is 0 Å². The lowest BCUT2D eigenvalue weighted by Crippen LogP contribution is -2.43.